The van der Waals surface area contributed by atoms with Crippen LogP contribution in [0.1, 0.15) is 0 Å². The van der Waals surface area contributed by atoms with E-state index in [1.165, 1.54) is 0 Å². The van der Waals surface area contributed by atoms with E-state index in [9.17, 15) is 5.11 Å². The van der Waals surface area contributed by atoms with Crippen LogP contribution >= 0.6 is 0 Å². The molecule has 0 bridgehead atoms. The van der Waals surface area contributed by atoms with Gasteiger partial charge in [0, 0.05) is 17.6 Å². The van der Waals surface area contributed by atoms with Gasteiger partial charge in [-0.1, -0.05) is 0 Å². The number of anilines is 2. The predicted molar refractivity (Wildman–Crippen MR) is 58.1 cm³/mol. The van der Waals surface area contributed by atoms with E-state index in [4.69, 9.17) is 5.73 Å². The van der Waals surface area contributed by atoms with Crippen molar-refractivity contribution in [2.24, 2.45) is 0 Å². The van der Waals surface area contributed by atoms with E-state index >= 15 is 0 Å². The smallest absolute Gasteiger partial charge is 0.112 e. The second-order valence-corrected chi connectivity index (χ2v) is 3.22. The lowest BCUT2D eigenvalue weighted by Gasteiger charge is -2.22. The summed E-state index contributed by atoms with van der Waals surface area (Å²) in [6.45, 7) is 0.514. The summed E-state index contributed by atoms with van der Waals surface area (Å²) in [4.78, 5) is 1.95. The molecule has 1 aliphatic heterocycles. The van der Waals surface area contributed by atoms with Gasteiger partial charge in [-0.3, -0.25) is 0 Å². The molecule has 0 aromatic heterocycles. The lowest BCUT2D eigenvalue weighted by atomic mass is 10.2. The first-order valence-electron chi connectivity index (χ1n) is 4.44. The van der Waals surface area contributed by atoms with Crippen molar-refractivity contribution < 1.29 is 5.11 Å². The molecule has 1 aromatic rings. The molecular formula is C11H12N2O. The van der Waals surface area contributed by atoms with Crippen molar-refractivity contribution in [1.82, 2.24) is 0 Å². The molecule has 0 radical (unpaired) electrons. The molecule has 14 heavy (non-hydrogen) atoms. The van der Waals surface area contributed by atoms with Crippen LogP contribution in [0.3, 0.4) is 0 Å². The first-order chi connectivity index (χ1) is 6.75. The Morgan fingerprint density at radius 2 is 1.93 bits per heavy atom. The van der Waals surface area contributed by atoms with Crippen molar-refractivity contribution >= 4 is 11.4 Å². The summed E-state index contributed by atoms with van der Waals surface area (Å²) in [5.41, 5.74) is 7.35. The summed E-state index contributed by atoms with van der Waals surface area (Å²) in [5.74, 6) is 0.365. The highest BCUT2D eigenvalue weighted by Crippen LogP contribution is 2.19. The van der Waals surface area contributed by atoms with Crippen molar-refractivity contribution in [2.45, 2.75) is 0 Å². The fraction of sp³-hybridized carbons (Fsp3) is 0.0909. The second kappa shape index (κ2) is 3.46. The average Bonchev–Trinajstić information content (AvgIpc) is 2.19. The largest absolute Gasteiger partial charge is 0.510 e. The molecule has 3 nitrogen and oxygen atoms in total. The molecule has 1 aliphatic rings. The molecule has 72 valence electrons. The van der Waals surface area contributed by atoms with Gasteiger partial charge in [0.1, 0.15) is 5.76 Å². The van der Waals surface area contributed by atoms with E-state index in [1.54, 1.807) is 6.08 Å². The predicted octanol–water partition coefficient (Wildman–Crippen LogP) is 2.04. The zero-order valence-corrected chi connectivity index (χ0v) is 7.72. The van der Waals surface area contributed by atoms with Crippen molar-refractivity contribution in [2.75, 3.05) is 17.2 Å². The minimum absolute atomic E-state index is 0.365. The molecule has 0 saturated carbocycles. The molecule has 0 unspecified atom stereocenters. The maximum Gasteiger partial charge on any atom is 0.112 e. The van der Waals surface area contributed by atoms with Crippen molar-refractivity contribution in [1.29, 1.82) is 0 Å². The quantitative estimate of drug-likeness (QED) is 0.663. The van der Waals surface area contributed by atoms with Crippen LogP contribution in [0.2, 0.25) is 0 Å². The highest BCUT2D eigenvalue weighted by atomic mass is 16.3. The number of nitrogen functional groups attached to an aromatic ring is 1. The van der Waals surface area contributed by atoms with Gasteiger partial charge in [-0.2, -0.15) is 0 Å². The van der Waals surface area contributed by atoms with Gasteiger partial charge in [-0.05, 0) is 36.4 Å². The van der Waals surface area contributed by atoms with Gasteiger partial charge in [0.2, 0.25) is 0 Å². The summed E-state index contributed by atoms with van der Waals surface area (Å²) in [6, 6.07) is 7.55. The third-order valence-electron chi connectivity index (χ3n) is 2.11. The van der Waals surface area contributed by atoms with Crippen LogP contribution in [0.15, 0.2) is 48.4 Å². The third kappa shape index (κ3) is 1.71. The Bertz CT molecular complexity index is 379. The molecule has 0 saturated heterocycles. The van der Waals surface area contributed by atoms with E-state index in [1.807, 2.05) is 41.4 Å². The first kappa shape index (κ1) is 8.69. The third-order valence-corrected chi connectivity index (χ3v) is 2.11. The Kier molecular flexibility index (Phi) is 2.14. The van der Waals surface area contributed by atoms with E-state index in [0.29, 0.717) is 12.3 Å². The van der Waals surface area contributed by atoms with Crippen LogP contribution in [0, 0.1) is 0 Å². The molecular weight excluding hydrogens is 176 g/mol. The molecule has 0 spiro atoms. The fourth-order valence-electron chi connectivity index (χ4n) is 1.38. The maximum absolute atomic E-state index is 9.34. The summed E-state index contributed by atoms with van der Waals surface area (Å²) in [7, 11) is 0. The Hall–Kier alpha value is -1.90. The molecule has 3 N–H and O–H groups in total. The highest BCUT2D eigenvalue weighted by molar-refractivity contribution is 5.56. The van der Waals surface area contributed by atoms with Crippen LogP contribution in [0.25, 0.3) is 0 Å². The van der Waals surface area contributed by atoms with Gasteiger partial charge in [0.15, 0.2) is 0 Å². The summed E-state index contributed by atoms with van der Waals surface area (Å²) >= 11 is 0. The van der Waals surface area contributed by atoms with Crippen molar-refractivity contribution in [3.8, 4) is 0 Å². The molecule has 0 aliphatic carbocycles. The highest BCUT2D eigenvalue weighted by Gasteiger charge is 2.07. The molecule has 0 fully saturated rings. The SMILES string of the molecule is Nc1ccc(N2C=CC=C(O)C2)cc1. The molecule has 0 atom stereocenters. The number of nitrogens with two attached hydrogens (primary N) is 1. The van der Waals surface area contributed by atoms with E-state index in [-0.39, 0.29) is 0 Å². The van der Waals surface area contributed by atoms with Gasteiger partial charge >= 0.3 is 0 Å². The van der Waals surface area contributed by atoms with Crippen LogP contribution in [-0.4, -0.2) is 11.7 Å². The normalized spacial score (nSPS) is 15.4. The lowest BCUT2D eigenvalue weighted by Crippen LogP contribution is -2.21. The number of hydrogen-bond acceptors (Lipinski definition) is 3. The Morgan fingerprint density at radius 3 is 2.57 bits per heavy atom. The molecule has 3 heteroatoms. The number of aliphatic hydroxyl groups is 1. The second-order valence-electron chi connectivity index (χ2n) is 3.22. The van der Waals surface area contributed by atoms with Gasteiger partial charge in [0.05, 0.1) is 6.54 Å². The number of hydrogen-bond donors (Lipinski definition) is 2. The van der Waals surface area contributed by atoms with E-state index < -0.39 is 0 Å². The van der Waals surface area contributed by atoms with Gasteiger partial charge in [-0.15, -0.1) is 0 Å². The van der Waals surface area contributed by atoms with Crippen LogP contribution in [-0.2, 0) is 0 Å². The molecule has 2 rings (SSSR count). The molecule has 1 heterocycles. The first-order valence-corrected chi connectivity index (χ1v) is 4.44. The number of nitrogens with zero attached hydrogens (tertiary/aromatic N) is 1. The standard InChI is InChI=1S/C11H12N2O/c12-9-3-5-10(6-4-9)13-7-1-2-11(14)8-13/h1-7,14H,8,12H2. The summed E-state index contributed by atoms with van der Waals surface area (Å²) in [5, 5.41) is 9.34. The minimum atomic E-state index is 0.365. The Balaban J connectivity index is 2.21. The summed E-state index contributed by atoms with van der Waals surface area (Å²) < 4.78 is 0. The topological polar surface area (TPSA) is 49.5 Å². The van der Waals surface area contributed by atoms with Crippen LogP contribution in [0.4, 0.5) is 11.4 Å². The van der Waals surface area contributed by atoms with E-state index in [2.05, 4.69) is 0 Å². The maximum atomic E-state index is 9.34. The van der Waals surface area contributed by atoms with Gasteiger partial charge < -0.3 is 15.7 Å². The van der Waals surface area contributed by atoms with Crippen LogP contribution < -0.4 is 10.6 Å². The lowest BCUT2D eigenvalue weighted by molar-refractivity contribution is 0.401. The van der Waals surface area contributed by atoms with Gasteiger partial charge in [0.25, 0.3) is 0 Å². The van der Waals surface area contributed by atoms with Crippen LogP contribution in [0.5, 0.6) is 0 Å². The number of aliphatic hydroxyl groups excluding tert-OH is 1. The zero-order chi connectivity index (χ0) is 9.97. The number of benzene rings is 1. The van der Waals surface area contributed by atoms with Crippen molar-refractivity contribution in [3.63, 3.8) is 0 Å². The van der Waals surface area contributed by atoms with E-state index in [0.717, 1.165) is 11.4 Å². The monoisotopic (exact) mass is 188 g/mol. The zero-order valence-electron chi connectivity index (χ0n) is 7.72. The van der Waals surface area contributed by atoms with Gasteiger partial charge in [-0.25, -0.2) is 0 Å². The number of rotatable bonds is 1. The summed E-state index contributed by atoms with van der Waals surface area (Å²) in [6.07, 6.45) is 5.42. The Morgan fingerprint density at radius 1 is 1.21 bits per heavy atom. The molecule has 1 aromatic carbocycles. The van der Waals surface area contributed by atoms with Crippen molar-refractivity contribution in [3.05, 3.63) is 48.4 Å². The average molecular weight is 188 g/mol. The fourth-order valence-corrected chi connectivity index (χ4v) is 1.38. The minimum Gasteiger partial charge on any atom is -0.510 e. The molecule has 0 amide bonds. The number of allylic oxidation sites excluding steroid dienone is 2. The Labute approximate surface area is 82.8 Å².